The van der Waals surface area contributed by atoms with Crippen molar-refractivity contribution in [3.8, 4) is 17.1 Å². The molecule has 2 aromatic carbocycles. The lowest BCUT2D eigenvalue weighted by Crippen LogP contribution is -1.84. The first kappa shape index (κ1) is 10.8. The average molecular weight is 242 g/mol. The fourth-order valence-corrected chi connectivity index (χ4v) is 2.02. The number of rotatable bonds is 1. The number of H-pyrrole nitrogens is 1. The lowest BCUT2D eigenvalue weighted by Gasteiger charge is -2.02. The molecule has 0 radical (unpaired) electrons. The van der Waals surface area contributed by atoms with Gasteiger partial charge in [0.1, 0.15) is 17.4 Å². The maximum atomic E-state index is 13.1. The molecule has 1 heterocycles. The molecule has 0 aliphatic rings. The van der Waals surface area contributed by atoms with Crippen molar-refractivity contribution in [3.63, 3.8) is 0 Å². The number of phenolic OH excluding ortho intramolecular Hbond substituents is 1. The molecule has 3 rings (SSSR count). The third-order valence-corrected chi connectivity index (χ3v) is 2.91. The molecule has 0 saturated carbocycles. The topological polar surface area (TPSA) is 48.9 Å². The summed E-state index contributed by atoms with van der Waals surface area (Å²) < 4.78 is 13.1. The van der Waals surface area contributed by atoms with Gasteiger partial charge >= 0.3 is 0 Å². The number of aryl methyl sites for hydroxylation is 1. The monoisotopic (exact) mass is 242 g/mol. The van der Waals surface area contributed by atoms with Crippen LogP contribution in [-0.2, 0) is 0 Å². The van der Waals surface area contributed by atoms with Crippen LogP contribution in [-0.4, -0.2) is 15.1 Å². The number of benzene rings is 2. The molecule has 0 saturated heterocycles. The number of aromatic nitrogens is 2. The van der Waals surface area contributed by atoms with Crippen LogP contribution in [0, 0.1) is 12.7 Å². The molecule has 4 heteroatoms. The fourth-order valence-electron chi connectivity index (χ4n) is 2.02. The molecular formula is C14H11FN2O. The van der Waals surface area contributed by atoms with Gasteiger partial charge in [-0.25, -0.2) is 9.37 Å². The number of nitrogens with zero attached hydrogens (tertiary/aromatic N) is 1. The number of aromatic hydroxyl groups is 1. The SMILES string of the molecule is Cc1cc(O)ccc1-c1nc2ccc(F)cc2[nH]1. The van der Waals surface area contributed by atoms with Gasteiger partial charge in [0.15, 0.2) is 0 Å². The third kappa shape index (κ3) is 1.72. The standard InChI is InChI=1S/C14H11FN2O/c1-8-6-10(18)3-4-11(8)14-16-12-5-2-9(15)7-13(12)17-14/h2-7,18H,1H3,(H,16,17). The number of fused-ring (bicyclic) bond motifs is 1. The second kappa shape index (κ2) is 3.84. The number of phenols is 1. The van der Waals surface area contributed by atoms with Crippen LogP contribution in [0.1, 0.15) is 5.56 Å². The molecule has 2 N–H and O–H groups in total. The second-order valence-corrected chi connectivity index (χ2v) is 4.25. The highest BCUT2D eigenvalue weighted by Gasteiger charge is 2.08. The van der Waals surface area contributed by atoms with Crippen molar-refractivity contribution in [1.82, 2.24) is 9.97 Å². The van der Waals surface area contributed by atoms with Crippen molar-refractivity contribution in [2.45, 2.75) is 6.92 Å². The summed E-state index contributed by atoms with van der Waals surface area (Å²) in [6, 6.07) is 9.51. The Morgan fingerprint density at radius 1 is 1.17 bits per heavy atom. The van der Waals surface area contributed by atoms with Crippen LogP contribution >= 0.6 is 0 Å². The van der Waals surface area contributed by atoms with Gasteiger partial charge in [-0.05, 0) is 48.9 Å². The summed E-state index contributed by atoms with van der Waals surface area (Å²) in [4.78, 5) is 7.49. The highest BCUT2D eigenvalue weighted by molar-refractivity contribution is 5.80. The number of hydrogen-bond donors (Lipinski definition) is 2. The van der Waals surface area contributed by atoms with Gasteiger partial charge in [0.05, 0.1) is 11.0 Å². The predicted molar refractivity (Wildman–Crippen MR) is 67.9 cm³/mol. The van der Waals surface area contributed by atoms with Crippen LogP contribution in [0.25, 0.3) is 22.4 Å². The average Bonchev–Trinajstić information content (AvgIpc) is 2.71. The van der Waals surface area contributed by atoms with E-state index in [-0.39, 0.29) is 11.6 Å². The molecule has 0 aliphatic carbocycles. The molecule has 18 heavy (non-hydrogen) atoms. The molecular weight excluding hydrogens is 231 g/mol. The number of halogens is 1. The Hall–Kier alpha value is -2.36. The fraction of sp³-hybridized carbons (Fsp3) is 0.0714. The quantitative estimate of drug-likeness (QED) is 0.687. The van der Waals surface area contributed by atoms with Crippen LogP contribution < -0.4 is 0 Å². The van der Waals surface area contributed by atoms with E-state index in [9.17, 15) is 9.50 Å². The molecule has 0 spiro atoms. The van der Waals surface area contributed by atoms with Crippen molar-refractivity contribution in [1.29, 1.82) is 0 Å². The maximum absolute atomic E-state index is 13.1. The molecule has 0 fully saturated rings. The Balaban J connectivity index is 2.19. The van der Waals surface area contributed by atoms with E-state index in [1.807, 2.05) is 6.92 Å². The van der Waals surface area contributed by atoms with Crippen molar-refractivity contribution < 1.29 is 9.50 Å². The Bertz CT molecular complexity index is 734. The van der Waals surface area contributed by atoms with Crippen molar-refractivity contribution >= 4 is 11.0 Å². The van der Waals surface area contributed by atoms with E-state index < -0.39 is 0 Å². The summed E-state index contributed by atoms with van der Waals surface area (Å²) in [5, 5.41) is 9.38. The number of nitrogens with one attached hydrogen (secondary N) is 1. The van der Waals surface area contributed by atoms with E-state index in [1.54, 1.807) is 24.3 Å². The Morgan fingerprint density at radius 2 is 2.00 bits per heavy atom. The Labute approximate surface area is 103 Å². The largest absolute Gasteiger partial charge is 0.508 e. The Morgan fingerprint density at radius 3 is 2.78 bits per heavy atom. The minimum Gasteiger partial charge on any atom is -0.508 e. The summed E-state index contributed by atoms with van der Waals surface area (Å²) >= 11 is 0. The zero-order valence-electron chi connectivity index (χ0n) is 9.74. The van der Waals surface area contributed by atoms with Gasteiger partial charge in [-0.3, -0.25) is 0 Å². The molecule has 0 aliphatic heterocycles. The minimum absolute atomic E-state index is 0.221. The lowest BCUT2D eigenvalue weighted by molar-refractivity contribution is 0.475. The van der Waals surface area contributed by atoms with Gasteiger partial charge in [-0.2, -0.15) is 0 Å². The van der Waals surface area contributed by atoms with Crippen LogP contribution in [0.15, 0.2) is 36.4 Å². The summed E-state index contributed by atoms with van der Waals surface area (Å²) in [6.07, 6.45) is 0. The number of hydrogen-bond acceptors (Lipinski definition) is 2. The molecule has 0 amide bonds. The van der Waals surface area contributed by atoms with E-state index in [4.69, 9.17) is 0 Å². The van der Waals surface area contributed by atoms with E-state index in [0.29, 0.717) is 11.3 Å². The first-order chi connectivity index (χ1) is 8.63. The minimum atomic E-state index is -0.292. The number of aromatic amines is 1. The van der Waals surface area contributed by atoms with Crippen molar-refractivity contribution in [3.05, 3.63) is 47.8 Å². The van der Waals surface area contributed by atoms with Gasteiger partial charge in [-0.1, -0.05) is 0 Å². The third-order valence-electron chi connectivity index (χ3n) is 2.91. The van der Waals surface area contributed by atoms with E-state index in [2.05, 4.69) is 9.97 Å². The predicted octanol–water partition coefficient (Wildman–Crippen LogP) is 3.38. The van der Waals surface area contributed by atoms with Gasteiger partial charge in [0.25, 0.3) is 0 Å². The summed E-state index contributed by atoms with van der Waals surface area (Å²) in [5.41, 5.74) is 3.19. The van der Waals surface area contributed by atoms with Gasteiger partial charge in [0, 0.05) is 5.56 Å². The summed E-state index contributed by atoms with van der Waals surface area (Å²) in [5.74, 6) is 0.603. The summed E-state index contributed by atoms with van der Waals surface area (Å²) in [7, 11) is 0. The van der Waals surface area contributed by atoms with Crippen LogP contribution in [0.4, 0.5) is 4.39 Å². The Kier molecular flexibility index (Phi) is 2.30. The van der Waals surface area contributed by atoms with Crippen molar-refractivity contribution in [2.75, 3.05) is 0 Å². The van der Waals surface area contributed by atoms with Crippen LogP contribution in [0.2, 0.25) is 0 Å². The molecule has 3 nitrogen and oxygen atoms in total. The summed E-state index contributed by atoms with van der Waals surface area (Å²) in [6.45, 7) is 1.89. The maximum Gasteiger partial charge on any atom is 0.138 e. The molecule has 0 bridgehead atoms. The molecule has 1 aromatic heterocycles. The van der Waals surface area contributed by atoms with Crippen molar-refractivity contribution in [2.24, 2.45) is 0 Å². The smallest absolute Gasteiger partial charge is 0.138 e. The van der Waals surface area contributed by atoms with Gasteiger partial charge < -0.3 is 10.1 Å². The molecule has 90 valence electrons. The van der Waals surface area contributed by atoms with Crippen LogP contribution in [0.5, 0.6) is 5.75 Å². The second-order valence-electron chi connectivity index (χ2n) is 4.25. The first-order valence-corrected chi connectivity index (χ1v) is 5.59. The van der Waals surface area contributed by atoms with Gasteiger partial charge in [0.2, 0.25) is 0 Å². The number of imidazole rings is 1. The molecule has 0 unspecified atom stereocenters. The van der Waals surface area contributed by atoms with E-state index >= 15 is 0 Å². The molecule has 0 atom stereocenters. The zero-order chi connectivity index (χ0) is 12.7. The van der Waals surface area contributed by atoms with E-state index in [1.165, 1.54) is 12.1 Å². The van der Waals surface area contributed by atoms with Gasteiger partial charge in [-0.15, -0.1) is 0 Å². The lowest BCUT2D eigenvalue weighted by atomic mass is 10.1. The highest BCUT2D eigenvalue weighted by Crippen LogP contribution is 2.26. The normalized spacial score (nSPS) is 11.0. The zero-order valence-corrected chi connectivity index (χ0v) is 9.74. The highest BCUT2D eigenvalue weighted by atomic mass is 19.1. The first-order valence-electron chi connectivity index (χ1n) is 5.59. The van der Waals surface area contributed by atoms with E-state index in [0.717, 1.165) is 16.6 Å². The molecule has 3 aromatic rings. The van der Waals surface area contributed by atoms with Crippen LogP contribution in [0.3, 0.4) is 0 Å².